The smallest absolute Gasteiger partial charge is 0.167 e. The summed E-state index contributed by atoms with van der Waals surface area (Å²) in [4.78, 5) is 0. The van der Waals surface area contributed by atoms with E-state index in [2.05, 4.69) is 5.32 Å². The average Bonchev–Trinajstić information content (AvgIpc) is 2.62. The van der Waals surface area contributed by atoms with Crippen LogP contribution in [0.25, 0.3) is 0 Å². The van der Waals surface area contributed by atoms with E-state index in [0.717, 1.165) is 19.5 Å². The van der Waals surface area contributed by atoms with Crippen LogP contribution < -0.4 is 15.8 Å². The molecule has 1 aliphatic rings. The highest BCUT2D eigenvalue weighted by Crippen LogP contribution is 2.21. The van der Waals surface area contributed by atoms with Gasteiger partial charge >= 0.3 is 0 Å². The van der Waals surface area contributed by atoms with Gasteiger partial charge < -0.3 is 15.8 Å². The summed E-state index contributed by atoms with van der Waals surface area (Å²) in [5.74, 6) is -0.107. The number of hydrogen-bond donors (Lipinski definition) is 2. The topological polar surface area (TPSA) is 47.3 Å². The number of nitrogen functional groups attached to an aromatic ring is 1. The fourth-order valence-electron chi connectivity index (χ4n) is 1.52. The van der Waals surface area contributed by atoms with Crippen molar-refractivity contribution in [3.05, 3.63) is 24.0 Å². The molecule has 2 rings (SSSR count). The van der Waals surface area contributed by atoms with Crippen molar-refractivity contribution in [2.24, 2.45) is 0 Å². The maximum Gasteiger partial charge on any atom is 0.167 e. The zero-order valence-electron chi connectivity index (χ0n) is 7.79. The molecule has 1 fully saturated rings. The Bertz CT molecular complexity index is 324. The molecule has 1 atom stereocenters. The molecule has 0 saturated carbocycles. The SMILES string of the molecule is Nc1ccc(OC2CCNC2)c(F)c1. The Hall–Kier alpha value is -1.29. The molecule has 0 aromatic heterocycles. The van der Waals surface area contributed by atoms with Gasteiger partial charge in [0.1, 0.15) is 6.10 Å². The molecule has 3 N–H and O–H groups in total. The fraction of sp³-hybridized carbons (Fsp3) is 0.400. The minimum Gasteiger partial charge on any atom is -0.486 e. The highest BCUT2D eigenvalue weighted by Gasteiger charge is 2.17. The quantitative estimate of drug-likeness (QED) is 0.697. The van der Waals surface area contributed by atoms with E-state index in [4.69, 9.17) is 10.5 Å². The van der Waals surface area contributed by atoms with Crippen LogP contribution in [0, 0.1) is 5.82 Å². The molecule has 1 aromatic carbocycles. The molecule has 1 saturated heterocycles. The van der Waals surface area contributed by atoms with Gasteiger partial charge in [-0.2, -0.15) is 0 Å². The Morgan fingerprint density at radius 2 is 2.36 bits per heavy atom. The largest absolute Gasteiger partial charge is 0.486 e. The Morgan fingerprint density at radius 3 is 3.00 bits per heavy atom. The minimum atomic E-state index is -0.392. The van der Waals surface area contributed by atoms with Gasteiger partial charge in [-0.3, -0.25) is 0 Å². The van der Waals surface area contributed by atoms with E-state index in [1.54, 1.807) is 12.1 Å². The van der Waals surface area contributed by atoms with Crippen LogP contribution in [0.15, 0.2) is 18.2 Å². The third-order valence-corrected chi connectivity index (χ3v) is 2.26. The maximum atomic E-state index is 13.3. The lowest BCUT2D eigenvalue weighted by molar-refractivity contribution is 0.213. The second kappa shape index (κ2) is 3.84. The number of nitrogens with two attached hydrogens (primary N) is 1. The number of nitrogens with one attached hydrogen (secondary N) is 1. The van der Waals surface area contributed by atoms with E-state index in [0.29, 0.717) is 5.69 Å². The monoisotopic (exact) mass is 196 g/mol. The van der Waals surface area contributed by atoms with Crippen molar-refractivity contribution in [3.63, 3.8) is 0 Å². The van der Waals surface area contributed by atoms with E-state index in [-0.39, 0.29) is 11.9 Å². The Labute approximate surface area is 82.1 Å². The van der Waals surface area contributed by atoms with Gasteiger partial charge in [0.2, 0.25) is 0 Å². The third kappa shape index (κ3) is 1.96. The van der Waals surface area contributed by atoms with Crippen molar-refractivity contribution >= 4 is 5.69 Å². The normalized spacial score (nSPS) is 21.1. The number of benzene rings is 1. The Balaban J connectivity index is 2.08. The first kappa shape index (κ1) is 9.27. The lowest BCUT2D eigenvalue weighted by Crippen LogP contribution is -2.20. The van der Waals surface area contributed by atoms with Crippen LogP contribution in [0.5, 0.6) is 5.75 Å². The molecule has 0 bridgehead atoms. The van der Waals surface area contributed by atoms with Crippen LogP contribution in [0.2, 0.25) is 0 Å². The molecular weight excluding hydrogens is 183 g/mol. The van der Waals surface area contributed by atoms with E-state index >= 15 is 0 Å². The summed E-state index contributed by atoms with van der Waals surface area (Å²) in [5.41, 5.74) is 5.84. The van der Waals surface area contributed by atoms with Crippen molar-refractivity contribution < 1.29 is 9.13 Å². The van der Waals surface area contributed by atoms with Crippen molar-refractivity contribution in [2.45, 2.75) is 12.5 Å². The van der Waals surface area contributed by atoms with Crippen molar-refractivity contribution in [2.75, 3.05) is 18.8 Å². The molecule has 76 valence electrons. The predicted molar refractivity (Wildman–Crippen MR) is 52.7 cm³/mol. The van der Waals surface area contributed by atoms with Gasteiger partial charge in [0.05, 0.1) is 0 Å². The van der Waals surface area contributed by atoms with Crippen LogP contribution in [-0.2, 0) is 0 Å². The molecule has 0 aliphatic carbocycles. The van der Waals surface area contributed by atoms with Gasteiger partial charge in [0, 0.05) is 18.3 Å². The van der Waals surface area contributed by atoms with Gasteiger partial charge in [-0.05, 0) is 25.1 Å². The standard InChI is InChI=1S/C10H13FN2O/c11-9-5-7(12)1-2-10(9)14-8-3-4-13-6-8/h1-2,5,8,13H,3-4,6,12H2. The van der Waals surface area contributed by atoms with E-state index in [1.807, 2.05) is 0 Å². The van der Waals surface area contributed by atoms with Gasteiger partial charge in [-0.25, -0.2) is 4.39 Å². The van der Waals surface area contributed by atoms with E-state index < -0.39 is 5.82 Å². The number of rotatable bonds is 2. The highest BCUT2D eigenvalue weighted by atomic mass is 19.1. The number of halogens is 1. The number of hydrogen-bond acceptors (Lipinski definition) is 3. The summed E-state index contributed by atoms with van der Waals surface area (Å²) in [5, 5.41) is 3.15. The van der Waals surface area contributed by atoms with Crippen LogP contribution in [0.1, 0.15) is 6.42 Å². The molecule has 1 unspecified atom stereocenters. The first-order chi connectivity index (χ1) is 6.75. The minimum absolute atomic E-state index is 0.0770. The number of anilines is 1. The second-order valence-corrected chi connectivity index (χ2v) is 3.42. The Kier molecular flexibility index (Phi) is 2.54. The van der Waals surface area contributed by atoms with Gasteiger partial charge in [0.25, 0.3) is 0 Å². The molecule has 1 aromatic rings. The van der Waals surface area contributed by atoms with Crippen LogP contribution in [0.4, 0.5) is 10.1 Å². The molecule has 0 spiro atoms. The van der Waals surface area contributed by atoms with Crippen molar-refractivity contribution in [3.8, 4) is 5.75 Å². The lowest BCUT2D eigenvalue weighted by Gasteiger charge is -2.12. The molecule has 14 heavy (non-hydrogen) atoms. The van der Waals surface area contributed by atoms with Gasteiger partial charge in [0.15, 0.2) is 11.6 Å². The Morgan fingerprint density at radius 1 is 1.50 bits per heavy atom. The van der Waals surface area contributed by atoms with Crippen LogP contribution in [0.3, 0.4) is 0 Å². The number of ether oxygens (including phenoxy) is 1. The summed E-state index contributed by atoms with van der Waals surface area (Å²) < 4.78 is 18.7. The average molecular weight is 196 g/mol. The molecule has 0 radical (unpaired) electrons. The lowest BCUT2D eigenvalue weighted by atomic mass is 10.2. The summed E-state index contributed by atoms with van der Waals surface area (Å²) >= 11 is 0. The second-order valence-electron chi connectivity index (χ2n) is 3.42. The third-order valence-electron chi connectivity index (χ3n) is 2.26. The summed E-state index contributed by atoms with van der Waals surface area (Å²) in [6.45, 7) is 1.71. The van der Waals surface area contributed by atoms with E-state index in [9.17, 15) is 4.39 Å². The van der Waals surface area contributed by atoms with Crippen molar-refractivity contribution in [1.29, 1.82) is 0 Å². The zero-order valence-corrected chi connectivity index (χ0v) is 7.79. The molecule has 1 aliphatic heterocycles. The van der Waals surface area contributed by atoms with E-state index in [1.165, 1.54) is 6.07 Å². The molecule has 1 heterocycles. The first-order valence-corrected chi connectivity index (χ1v) is 4.68. The molecule has 4 heteroatoms. The van der Waals surface area contributed by atoms with Crippen LogP contribution in [-0.4, -0.2) is 19.2 Å². The van der Waals surface area contributed by atoms with Gasteiger partial charge in [-0.15, -0.1) is 0 Å². The highest BCUT2D eigenvalue weighted by molar-refractivity contribution is 5.42. The summed E-state index contributed by atoms with van der Waals surface area (Å²) in [6.07, 6.45) is 0.997. The zero-order chi connectivity index (χ0) is 9.97. The summed E-state index contributed by atoms with van der Waals surface area (Å²) in [6, 6.07) is 4.49. The fourth-order valence-corrected chi connectivity index (χ4v) is 1.52. The first-order valence-electron chi connectivity index (χ1n) is 4.68. The maximum absolute atomic E-state index is 13.3. The predicted octanol–water partition coefficient (Wildman–Crippen LogP) is 1.15. The van der Waals surface area contributed by atoms with Crippen molar-refractivity contribution in [1.82, 2.24) is 5.32 Å². The van der Waals surface area contributed by atoms with Crippen LogP contribution >= 0.6 is 0 Å². The summed E-state index contributed by atoms with van der Waals surface area (Å²) in [7, 11) is 0. The molecule has 3 nitrogen and oxygen atoms in total. The van der Waals surface area contributed by atoms with Gasteiger partial charge in [-0.1, -0.05) is 0 Å². The molecule has 0 amide bonds. The molecular formula is C10H13FN2O.